The van der Waals surface area contributed by atoms with E-state index in [0.717, 1.165) is 23.2 Å². The summed E-state index contributed by atoms with van der Waals surface area (Å²) in [5.41, 5.74) is 3.02. The number of benzene rings is 2. The molecule has 0 bridgehead atoms. The van der Waals surface area contributed by atoms with Crippen LogP contribution in [0.3, 0.4) is 0 Å². The van der Waals surface area contributed by atoms with Gasteiger partial charge in [0.1, 0.15) is 0 Å². The fourth-order valence-corrected chi connectivity index (χ4v) is 3.45. The number of anilines is 1. The number of Topliss-reactive ketones (excluding diaryl/α,β-unsaturated/α-hetero) is 1. The van der Waals surface area contributed by atoms with E-state index in [-0.39, 0.29) is 10.9 Å². The second kappa shape index (κ2) is 11.7. The van der Waals surface area contributed by atoms with E-state index in [1.807, 2.05) is 49.3 Å². The summed E-state index contributed by atoms with van der Waals surface area (Å²) in [5.74, 6) is 0.108. The molecular weight excluding hydrogens is 400 g/mol. The molecule has 0 aliphatic rings. The van der Waals surface area contributed by atoms with E-state index in [4.69, 9.17) is 12.2 Å². The van der Waals surface area contributed by atoms with Crippen molar-refractivity contribution < 1.29 is 9.59 Å². The van der Waals surface area contributed by atoms with E-state index in [1.165, 1.54) is 0 Å². The topological polar surface area (TPSA) is 49.4 Å². The van der Waals surface area contributed by atoms with Gasteiger partial charge in [-0.3, -0.25) is 9.59 Å². The maximum Gasteiger partial charge on any atom is 0.208 e. The first kappa shape index (κ1) is 23.1. The van der Waals surface area contributed by atoms with Crippen molar-refractivity contribution in [2.45, 2.75) is 38.1 Å². The fourth-order valence-electron chi connectivity index (χ4n) is 2.97. The van der Waals surface area contributed by atoms with Crippen molar-refractivity contribution in [3.8, 4) is 0 Å². The molecule has 2 aromatic carbocycles. The Bertz CT molecular complexity index is 821. The highest BCUT2D eigenvalue weighted by Crippen LogP contribution is 2.15. The van der Waals surface area contributed by atoms with Gasteiger partial charge < -0.3 is 10.2 Å². The number of nitrogens with one attached hydrogen (secondary N) is 1. The van der Waals surface area contributed by atoms with Crippen LogP contribution in [0.15, 0.2) is 54.6 Å². The van der Waals surface area contributed by atoms with Gasteiger partial charge in [-0.2, -0.15) is 0 Å². The zero-order valence-corrected chi connectivity index (χ0v) is 18.6. The minimum atomic E-state index is -0.427. The highest BCUT2D eigenvalue weighted by Gasteiger charge is 2.16. The third-order valence-electron chi connectivity index (χ3n) is 4.71. The van der Waals surface area contributed by atoms with Crippen molar-refractivity contribution in [1.29, 1.82) is 0 Å². The Morgan fingerprint density at radius 1 is 1.03 bits per heavy atom. The molecule has 0 saturated heterocycles. The minimum absolute atomic E-state index is 0.108. The van der Waals surface area contributed by atoms with Gasteiger partial charge >= 0.3 is 0 Å². The van der Waals surface area contributed by atoms with Gasteiger partial charge in [0.2, 0.25) is 5.12 Å². The Labute approximate surface area is 184 Å². The molecule has 2 rings (SSSR count). The van der Waals surface area contributed by atoms with Gasteiger partial charge in [-0.15, -0.1) is 12.6 Å². The van der Waals surface area contributed by atoms with E-state index >= 15 is 0 Å². The smallest absolute Gasteiger partial charge is 0.208 e. The summed E-state index contributed by atoms with van der Waals surface area (Å²) in [6, 6.07) is 17.1. The molecule has 154 valence electrons. The Hall–Kier alpha value is -2.18. The second-order valence-corrected chi connectivity index (χ2v) is 8.13. The summed E-state index contributed by atoms with van der Waals surface area (Å²) in [6.45, 7) is 0. The van der Waals surface area contributed by atoms with Crippen molar-refractivity contribution in [2.24, 2.45) is 0 Å². The van der Waals surface area contributed by atoms with E-state index < -0.39 is 6.04 Å². The lowest BCUT2D eigenvalue weighted by atomic mass is 10.0. The fraction of sp³-hybridized carbons (Fsp3) is 0.348. The van der Waals surface area contributed by atoms with Crippen LogP contribution in [-0.2, 0) is 11.2 Å². The standard InChI is InChI=1S/C23H28N2O2S2/c1-25(2)19-14-11-17(12-15-19)13-16-20(23(27)29)24-22(28)10-6-9-21(26)18-7-4-3-5-8-18/h3-5,7-8,11-12,14-15,20H,6,9-10,13,16H2,1-2H3,(H,24,28)(H,27,29)/t20-/m1/s1. The molecule has 0 aliphatic heterocycles. The molecular formula is C23H28N2O2S2. The number of rotatable bonds is 11. The number of carbonyl (C=O) groups excluding carboxylic acids is 2. The normalized spacial score (nSPS) is 11.6. The Morgan fingerprint density at radius 2 is 1.69 bits per heavy atom. The van der Waals surface area contributed by atoms with Crippen molar-refractivity contribution in [1.82, 2.24) is 5.32 Å². The van der Waals surface area contributed by atoms with Gasteiger partial charge in [0, 0.05) is 31.8 Å². The number of aryl methyl sites for hydroxylation is 1. The summed E-state index contributed by atoms with van der Waals surface area (Å²) < 4.78 is 0. The first-order valence-corrected chi connectivity index (χ1v) is 10.6. The first-order chi connectivity index (χ1) is 13.9. The zero-order valence-electron chi connectivity index (χ0n) is 16.9. The molecule has 0 aromatic heterocycles. The highest BCUT2D eigenvalue weighted by molar-refractivity contribution is 7.96. The molecule has 0 fully saturated rings. The van der Waals surface area contributed by atoms with E-state index in [1.54, 1.807) is 0 Å². The van der Waals surface area contributed by atoms with Gasteiger partial charge in [-0.25, -0.2) is 0 Å². The number of ketones is 1. The number of thiocarbonyl (C=S) groups is 1. The zero-order chi connectivity index (χ0) is 21.2. The average Bonchev–Trinajstić information content (AvgIpc) is 2.71. The summed E-state index contributed by atoms with van der Waals surface area (Å²) in [6.07, 6.45) is 3.03. The maximum absolute atomic E-state index is 12.1. The SMILES string of the molecule is CN(C)c1ccc(CC[C@@H](NC(=S)CCCC(=O)c2ccccc2)C(=O)S)cc1. The molecule has 0 heterocycles. The summed E-state index contributed by atoms with van der Waals surface area (Å²) in [4.78, 5) is 26.7. The molecule has 1 atom stereocenters. The van der Waals surface area contributed by atoms with Crippen LogP contribution in [0.25, 0.3) is 0 Å². The van der Waals surface area contributed by atoms with Crippen LogP contribution in [0.2, 0.25) is 0 Å². The number of hydrogen-bond donors (Lipinski definition) is 2. The number of carbonyl (C=O) groups is 2. The Kier molecular flexibility index (Phi) is 9.35. The molecule has 0 unspecified atom stereocenters. The summed E-state index contributed by atoms with van der Waals surface area (Å²) >= 11 is 9.39. The van der Waals surface area contributed by atoms with Gasteiger partial charge in [-0.05, 0) is 43.4 Å². The van der Waals surface area contributed by atoms with Crippen molar-refractivity contribution in [2.75, 3.05) is 19.0 Å². The molecule has 4 nitrogen and oxygen atoms in total. The van der Waals surface area contributed by atoms with Crippen molar-refractivity contribution in [3.63, 3.8) is 0 Å². The quantitative estimate of drug-likeness (QED) is 0.314. The molecule has 1 N–H and O–H groups in total. The van der Waals surface area contributed by atoms with Gasteiger partial charge in [0.05, 0.1) is 11.0 Å². The monoisotopic (exact) mass is 428 g/mol. The third kappa shape index (κ3) is 7.99. The lowest BCUT2D eigenvalue weighted by molar-refractivity contribution is -0.112. The largest absolute Gasteiger partial charge is 0.378 e. The molecule has 0 radical (unpaired) electrons. The van der Waals surface area contributed by atoms with Crippen molar-refractivity contribution in [3.05, 3.63) is 65.7 Å². The van der Waals surface area contributed by atoms with Crippen LogP contribution < -0.4 is 10.2 Å². The number of hydrogen-bond acceptors (Lipinski definition) is 4. The predicted octanol–water partition coefficient (Wildman–Crippen LogP) is 4.48. The maximum atomic E-state index is 12.1. The lowest BCUT2D eigenvalue weighted by Crippen LogP contribution is -2.38. The van der Waals surface area contributed by atoms with E-state index in [9.17, 15) is 9.59 Å². The Balaban J connectivity index is 1.78. The van der Waals surface area contributed by atoms with Crippen molar-refractivity contribution >= 4 is 46.4 Å². The van der Waals surface area contributed by atoms with Crippen LogP contribution in [0.1, 0.15) is 41.6 Å². The van der Waals surface area contributed by atoms with Crippen LogP contribution in [0.5, 0.6) is 0 Å². The molecule has 0 spiro atoms. The molecule has 0 amide bonds. The van der Waals surface area contributed by atoms with Gasteiger partial charge in [0.25, 0.3) is 0 Å². The average molecular weight is 429 g/mol. The number of nitrogens with zero attached hydrogens (tertiary/aromatic N) is 1. The predicted molar refractivity (Wildman–Crippen MR) is 127 cm³/mol. The minimum Gasteiger partial charge on any atom is -0.378 e. The number of thiol groups is 1. The van der Waals surface area contributed by atoms with Crippen LogP contribution in [0.4, 0.5) is 5.69 Å². The van der Waals surface area contributed by atoms with Gasteiger partial charge in [-0.1, -0.05) is 54.7 Å². The Morgan fingerprint density at radius 3 is 2.28 bits per heavy atom. The molecule has 29 heavy (non-hydrogen) atoms. The molecule has 6 heteroatoms. The lowest BCUT2D eigenvalue weighted by Gasteiger charge is -2.18. The van der Waals surface area contributed by atoms with Crippen LogP contribution in [0, 0.1) is 0 Å². The van der Waals surface area contributed by atoms with E-state index in [2.05, 4.69) is 42.2 Å². The molecule has 0 saturated carbocycles. The molecule has 2 aromatic rings. The third-order valence-corrected chi connectivity index (χ3v) is 5.34. The highest BCUT2D eigenvalue weighted by atomic mass is 32.1. The van der Waals surface area contributed by atoms with Gasteiger partial charge in [0.15, 0.2) is 5.78 Å². The van der Waals surface area contributed by atoms with Crippen LogP contribution >= 0.6 is 24.8 Å². The first-order valence-electron chi connectivity index (χ1n) is 9.73. The summed E-state index contributed by atoms with van der Waals surface area (Å²) in [5, 5.41) is 2.89. The summed E-state index contributed by atoms with van der Waals surface area (Å²) in [7, 11) is 4.01. The van der Waals surface area contributed by atoms with E-state index in [0.29, 0.717) is 30.7 Å². The second-order valence-electron chi connectivity index (χ2n) is 7.20. The van der Waals surface area contributed by atoms with Crippen LogP contribution in [-0.4, -0.2) is 36.0 Å². The molecule has 0 aliphatic carbocycles.